The summed E-state index contributed by atoms with van der Waals surface area (Å²) in [6.45, 7) is 11.6. The highest BCUT2D eigenvalue weighted by molar-refractivity contribution is 5.73. The molecule has 0 bridgehead atoms. The van der Waals surface area contributed by atoms with Gasteiger partial charge in [-0.1, -0.05) is 195 Å². The molecule has 496 valence electrons. The van der Waals surface area contributed by atoms with Gasteiger partial charge in [0, 0.05) is 38.8 Å². The van der Waals surface area contributed by atoms with Crippen molar-refractivity contribution in [2.75, 3.05) is 65.9 Å². The maximum atomic E-state index is 13.2. The van der Waals surface area contributed by atoms with Crippen molar-refractivity contribution in [1.29, 1.82) is 0 Å². The molecule has 0 aromatic rings. The zero-order chi connectivity index (χ0) is 61.6. The third-order valence-electron chi connectivity index (χ3n) is 17.9. The van der Waals surface area contributed by atoms with Gasteiger partial charge in [0.25, 0.3) is 0 Å². The Morgan fingerprint density at radius 1 is 0.329 bits per heavy atom. The molecular formula is C71H129NO13. The van der Waals surface area contributed by atoms with Gasteiger partial charge in [-0.3, -0.25) is 28.8 Å². The predicted octanol–water partition coefficient (Wildman–Crippen LogP) is 16.9. The lowest BCUT2D eigenvalue weighted by Gasteiger charge is -2.27. The number of esters is 6. The molecule has 14 nitrogen and oxygen atoms in total. The minimum absolute atomic E-state index is 0.0165. The van der Waals surface area contributed by atoms with Crippen molar-refractivity contribution in [1.82, 2.24) is 4.90 Å². The molecule has 0 saturated heterocycles. The molecule has 2 atom stereocenters. The smallest absolute Gasteiger partial charge is 0.308 e. The summed E-state index contributed by atoms with van der Waals surface area (Å²) in [5.41, 5.74) is 0. The van der Waals surface area contributed by atoms with Crippen LogP contribution in [0.25, 0.3) is 0 Å². The summed E-state index contributed by atoms with van der Waals surface area (Å²) in [6.07, 6.45) is 45.0. The van der Waals surface area contributed by atoms with Crippen molar-refractivity contribution in [3.05, 3.63) is 0 Å². The standard InChI is InChI=1S/C71H129NO13/c1-5-9-13-15-17-19-21-23-29-38-66(74)80-54-62(58-84-70(78)64-46-42-60(43-47-64)36-27-11-7-3)56-82-68(76)40-31-25-33-50-72(52-35-53-73)51-34-26-32-41-69(77)83-57-63(55-81-67(75)39-30-24-22-20-18-16-14-10-6-2)59-85-71(79)65-48-44-61(45-49-65)37-28-12-8-4/h60-65,73H,5-59H2,1-4H3. The first-order valence-corrected chi connectivity index (χ1v) is 35.8. The molecule has 0 aromatic carbocycles. The Bertz CT molecular complexity index is 1530. The molecule has 0 spiro atoms. The Morgan fingerprint density at radius 2 is 0.588 bits per heavy atom. The van der Waals surface area contributed by atoms with Crippen LogP contribution in [-0.2, 0) is 57.2 Å². The molecule has 2 aliphatic rings. The minimum atomic E-state index is -0.437. The summed E-state index contributed by atoms with van der Waals surface area (Å²) >= 11 is 0. The van der Waals surface area contributed by atoms with Crippen LogP contribution in [0.15, 0.2) is 0 Å². The normalized spacial score (nSPS) is 17.7. The first-order chi connectivity index (χ1) is 41.5. The van der Waals surface area contributed by atoms with E-state index in [0.717, 1.165) is 135 Å². The SMILES string of the molecule is CCCCCCCCCCCC(=O)OCC(COC(=O)CCCCCN(CCCO)CCCCCC(=O)OCC(COC(=O)CCCCCCCCCCC)COC(=O)C1CCC(CCCCC)CC1)COC(=O)C1CCC(CCCCC)CC1. The van der Waals surface area contributed by atoms with Crippen LogP contribution in [0.4, 0.5) is 0 Å². The number of carbonyl (C=O) groups excluding carboxylic acids is 6. The summed E-state index contributed by atoms with van der Waals surface area (Å²) < 4.78 is 34.4. The van der Waals surface area contributed by atoms with E-state index >= 15 is 0 Å². The molecule has 2 unspecified atom stereocenters. The van der Waals surface area contributed by atoms with Crippen molar-refractivity contribution < 1.29 is 62.3 Å². The number of nitrogens with zero attached hydrogens (tertiary/aromatic N) is 1. The van der Waals surface area contributed by atoms with E-state index in [9.17, 15) is 33.9 Å². The number of aliphatic hydroxyl groups is 1. The molecule has 85 heavy (non-hydrogen) atoms. The van der Waals surface area contributed by atoms with Crippen LogP contribution in [0.1, 0.15) is 317 Å². The number of hydrogen-bond donors (Lipinski definition) is 1. The second-order valence-electron chi connectivity index (χ2n) is 25.8. The molecule has 1 N–H and O–H groups in total. The second-order valence-corrected chi connectivity index (χ2v) is 25.8. The third kappa shape index (κ3) is 43.9. The van der Waals surface area contributed by atoms with Gasteiger partial charge >= 0.3 is 35.8 Å². The molecule has 0 aliphatic heterocycles. The fourth-order valence-electron chi connectivity index (χ4n) is 12.1. The maximum absolute atomic E-state index is 13.2. The van der Waals surface area contributed by atoms with Gasteiger partial charge in [-0.15, -0.1) is 0 Å². The number of aliphatic hydroxyl groups excluding tert-OH is 1. The summed E-state index contributed by atoms with van der Waals surface area (Å²) in [6, 6.07) is 0. The molecule has 2 rings (SSSR count). The fourth-order valence-corrected chi connectivity index (χ4v) is 12.1. The fraction of sp³-hybridized carbons (Fsp3) is 0.915. The molecule has 14 heteroatoms. The highest BCUT2D eigenvalue weighted by Gasteiger charge is 2.30. The lowest BCUT2D eigenvalue weighted by atomic mass is 9.80. The van der Waals surface area contributed by atoms with Crippen LogP contribution < -0.4 is 0 Å². The number of carbonyl (C=O) groups is 6. The average Bonchev–Trinajstić information content (AvgIpc) is 3.65. The largest absolute Gasteiger partial charge is 0.465 e. The maximum Gasteiger partial charge on any atom is 0.308 e. The van der Waals surface area contributed by atoms with Crippen molar-refractivity contribution in [2.24, 2.45) is 35.5 Å². The van der Waals surface area contributed by atoms with E-state index in [4.69, 9.17) is 28.4 Å². The van der Waals surface area contributed by atoms with Gasteiger partial charge in [0.2, 0.25) is 0 Å². The van der Waals surface area contributed by atoms with Crippen LogP contribution in [-0.4, -0.2) is 112 Å². The van der Waals surface area contributed by atoms with E-state index in [1.165, 1.54) is 128 Å². The highest BCUT2D eigenvalue weighted by atomic mass is 16.6. The van der Waals surface area contributed by atoms with Gasteiger partial charge in [-0.2, -0.15) is 0 Å². The van der Waals surface area contributed by atoms with Crippen molar-refractivity contribution in [3.8, 4) is 0 Å². The first-order valence-electron chi connectivity index (χ1n) is 35.8. The number of ether oxygens (including phenoxy) is 6. The van der Waals surface area contributed by atoms with Gasteiger partial charge < -0.3 is 38.4 Å². The van der Waals surface area contributed by atoms with Crippen molar-refractivity contribution in [2.45, 2.75) is 317 Å². The number of unbranched alkanes of at least 4 members (excludes halogenated alkanes) is 24. The number of hydrogen-bond acceptors (Lipinski definition) is 14. The van der Waals surface area contributed by atoms with E-state index in [0.29, 0.717) is 43.9 Å². The first kappa shape index (κ1) is 77.8. The Morgan fingerprint density at radius 3 is 0.894 bits per heavy atom. The molecule has 0 amide bonds. The summed E-state index contributed by atoms with van der Waals surface area (Å²) in [7, 11) is 0. The quantitative estimate of drug-likeness (QED) is 0.0345. The van der Waals surface area contributed by atoms with E-state index in [1.807, 2.05) is 0 Å². The Balaban J connectivity index is 1.77. The van der Waals surface area contributed by atoms with E-state index in [2.05, 4.69) is 32.6 Å². The zero-order valence-corrected chi connectivity index (χ0v) is 55.1. The summed E-state index contributed by atoms with van der Waals surface area (Å²) in [5, 5.41) is 9.62. The van der Waals surface area contributed by atoms with Crippen molar-refractivity contribution in [3.63, 3.8) is 0 Å². The Labute approximate surface area is 518 Å². The van der Waals surface area contributed by atoms with Gasteiger partial charge in [0.1, 0.15) is 39.6 Å². The predicted molar refractivity (Wildman–Crippen MR) is 341 cm³/mol. The van der Waals surface area contributed by atoms with Gasteiger partial charge in [0.05, 0.1) is 23.7 Å². The Kier molecular flexibility index (Phi) is 50.2. The topological polar surface area (TPSA) is 181 Å². The van der Waals surface area contributed by atoms with Crippen LogP contribution in [0, 0.1) is 35.5 Å². The summed E-state index contributed by atoms with van der Waals surface area (Å²) in [5.74, 6) is -1.32. The molecule has 0 aromatic heterocycles. The molecule has 0 heterocycles. The molecule has 2 saturated carbocycles. The molecule has 2 aliphatic carbocycles. The Hall–Kier alpha value is -3.26. The lowest BCUT2D eigenvalue weighted by Crippen LogP contribution is -2.29. The molecule has 2 fully saturated rings. The van der Waals surface area contributed by atoms with Crippen LogP contribution >= 0.6 is 0 Å². The summed E-state index contributed by atoms with van der Waals surface area (Å²) in [4.78, 5) is 80.2. The monoisotopic (exact) mass is 1200 g/mol. The van der Waals surface area contributed by atoms with Gasteiger partial charge in [-0.25, -0.2) is 0 Å². The molecule has 0 radical (unpaired) electrons. The average molecular weight is 1200 g/mol. The zero-order valence-electron chi connectivity index (χ0n) is 55.1. The van der Waals surface area contributed by atoms with E-state index in [1.54, 1.807) is 0 Å². The van der Waals surface area contributed by atoms with Gasteiger partial charge in [-0.05, 0) is 121 Å². The van der Waals surface area contributed by atoms with E-state index in [-0.39, 0.29) is 107 Å². The second kappa shape index (κ2) is 54.9. The minimum Gasteiger partial charge on any atom is -0.465 e. The third-order valence-corrected chi connectivity index (χ3v) is 17.9. The van der Waals surface area contributed by atoms with Crippen molar-refractivity contribution >= 4 is 35.8 Å². The van der Waals surface area contributed by atoms with Crippen LogP contribution in [0.2, 0.25) is 0 Å². The van der Waals surface area contributed by atoms with E-state index < -0.39 is 11.8 Å². The lowest BCUT2D eigenvalue weighted by molar-refractivity contribution is -0.159. The number of rotatable bonds is 57. The van der Waals surface area contributed by atoms with Crippen LogP contribution in [0.5, 0.6) is 0 Å². The highest BCUT2D eigenvalue weighted by Crippen LogP contribution is 2.34. The van der Waals surface area contributed by atoms with Gasteiger partial charge in [0.15, 0.2) is 0 Å². The van der Waals surface area contributed by atoms with Crippen LogP contribution in [0.3, 0.4) is 0 Å². The molecular weight excluding hydrogens is 1070 g/mol.